The molecule has 3 aromatic carbocycles. The Morgan fingerprint density at radius 2 is 1.70 bits per heavy atom. The number of carbonyl (C=O) groups is 1. The van der Waals surface area contributed by atoms with E-state index in [1.165, 1.54) is 17.7 Å². The summed E-state index contributed by atoms with van der Waals surface area (Å²) in [4.78, 5) is 12.0. The molecule has 0 aliphatic rings. The van der Waals surface area contributed by atoms with Gasteiger partial charge in [0.1, 0.15) is 5.82 Å². The van der Waals surface area contributed by atoms with Crippen LogP contribution in [0.5, 0.6) is 0 Å². The average molecular weight is 445 g/mol. The van der Waals surface area contributed by atoms with Gasteiger partial charge in [-0.05, 0) is 55.5 Å². The number of aliphatic hydroxyl groups excluding tert-OH is 1. The number of anilines is 1. The molecule has 7 heteroatoms. The summed E-state index contributed by atoms with van der Waals surface area (Å²) in [7, 11) is 0. The molecule has 33 heavy (non-hydrogen) atoms. The number of benzene rings is 3. The minimum absolute atomic E-state index is 0.0969. The Balaban J connectivity index is 1.56. The molecular formula is C26H25FN4O2. The fourth-order valence-electron chi connectivity index (χ4n) is 3.43. The molecule has 1 amide bonds. The highest BCUT2D eigenvalue weighted by Crippen LogP contribution is 2.25. The lowest BCUT2D eigenvalue weighted by molar-refractivity contribution is 0.0945. The highest BCUT2D eigenvalue weighted by atomic mass is 19.1. The van der Waals surface area contributed by atoms with Gasteiger partial charge in [-0.2, -0.15) is 5.10 Å². The quantitative estimate of drug-likeness (QED) is 0.378. The van der Waals surface area contributed by atoms with Crippen LogP contribution in [0.4, 0.5) is 10.1 Å². The third-order valence-corrected chi connectivity index (χ3v) is 5.23. The number of halogens is 1. The summed E-state index contributed by atoms with van der Waals surface area (Å²) < 4.78 is 15.1. The molecule has 1 heterocycles. The van der Waals surface area contributed by atoms with E-state index in [2.05, 4.69) is 10.6 Å². The van der Waals surface area contributed by atoms with Gasteiger partial charge in [-0.25, -0.2) is 9.07 Å². The summed E-state index contributed by atoms with van der Waals surface area (Å²) in [5.74, 6) is -0.516. The maximum atomic E-state index is 13.4. The molecule has 168 valence electrons. The lowest BCUT2D eigenvalue weighted by atomic mass is 10.1. The van der Waals surface area contributed by atoms with Crippen LogP contribution >= 0.6 is 0 Å². The molecule has 0 aliphatic carbocycles. The van der Waals surface area contributed by atoms with Crippen LogP contribution in [0.25, 0.3) is 16.9 Å². The zero-order chi connectivity index (χ0) is 23.2. The Morgan fingerprint density at radius 3 is 2.36 bits per heavy atom. The van der Waals surface area contributed by atoms with E-state index in [0.717, 1.165) is 28.2 Å². The van der Waals surface area contributed by atoms with Gasteiger partial charge in [-0.3, -0.25) is 4.79 Å². The normalized spacial score (nSPS) is 10.8. The van der Waals surface area contributed by atoms with E-state index in [9.17, 15) is 9.18 Å². The number of hydrogen-bond acceptors (Lipinski definition) is 4. The van der Waals surface area contributed by atoms with E-state index >= 15 is 0 Å². The third kappa shape index (κ3) is 5.45. The first kappa shape index (κ1) is 22.2. The molecule has 4 aromatic rings. The predicted octanol–water partition coefficient (Wildman–Crippen LogP) is 4.32. The SMILES string of the molecule is Cc1ccc(-c2nn(-c3ccc(F)cc3)cc2CNc2ccc(C(=O)NCCO)cc2)cc1. The number of aryl methyl sites for hydroxylation is 1. The topological polar surface area (TPSA) is 79.2 Å². The maximum absolute atomic E-state index is 13.4. The van der Waals surface area contributed by atoms with Crippen LogP contribution in [-0.4, -0.2) is 33.9 Å². The van der Waals surface area contributed by atoms with Gasteiger partial charge in [-0.15, -0.1) is 0 Å². The van der Waals surface area contributed by atoms with E-state index in [1.807, 2.05) is 49.5 Å². The molecule has 4 rings (SSSR count). The largest absolute Gasteiger partial charge is 0.395 e. The lowest BCUT2D eigenvalue weighted by Crippen LogP contribution is -2.26. The summed E-state index contributed by atoms with van der Waals surface area (Å²) in [6, 6.07) is 21.5. The molecule has 0 radical (unpaired) electrons. The number of rotatable bonds is 8. The number of amides is 1. The minimum Gasteiger partial charge on any atom is -0.395 e. The van der Waals surface area contributed by atoms with E-state index < -0.39 is 0 Å². The highest BCUT2D eigenvalue weighted by Gasteiger charge is 2.13. The summed E-state index contributed by atoms with van der Waals surface area (Å²) in [6.07, 6.45) is 1.94. The van der Waals surface area contributed by atoms with Gasteiger partial charge in [-0.1, -0.05) is 29.8 Å². The number of nitrogens with zero attached hydrogens (tertiary/aromatic N) is 2. The molecule has 6 nitrogen and oxygen atoms in total. The lowest BCUT2D eigenvalue weighted by Gasteiger charge is -2.08. The zero-order valence-corrected chi connectivity index (χ0v) is 18.3. The molecule has 0 fully saturated rings. The van der Waals surface area contributed by atoms with E-state index in [4.69, 9.17) is 10.2 Å². The van der Waals surface area contributed by atoms with Crippen LogP contribution in [0.3, 0.4) is 0 Å². The van der Waals surface area contributed by atoms with Gasteiger partial charge in [0, 0.05) is 41.7 Å². The number of carbonyl (C=O) groups excluding carboxylic acids is 1. The zero-order valence-electron chi connectivity index (χ0n) is 18.3. The van der Waals surface area contributed by atoms with Crippen LogP contribution in [0.15, 0.2) is 79.0 Å². The first-order chi connectivity index (χ1) is 16.0. The van der Waals surface area contributed by atoms with E-state index in [-0.39, 0.29) is 24.9 Å². The van der Waals surface area contributed by atoms with Crippen molar-refractivity contribution in [1.82, 2.24) is 15.1 Å². The fraction of sp³-hybridized carbons (Fsp3) is 0.154. The molecule has 0 aliphatic heterocycles. The van der Waals surface area contributed by atoms with Gasteiger partial charge in [0.15, 0.2) is 0 Å². The van der Waals surface area contributed by atoms with Crippen molar-refractivity contribution in [2.75, 3.05) is 18.5 Å². The van der Waals surface area contributed by atoms with Crippen molar-refractivity contribution in [1.29, 1.82) is 0 Å². The Hall–Kier alpha value is -3.97. The van der Waals surface area contributed by atoms with Crippen molar-refractivity contribution in [2.24, 2.45) is 0 Å². The molecule has 0 saturated carbocycles. The second-order valence-corrected chi connectivity index (χ2v) is 7.70. The van der Waals surface area contributed by atoms with Crippen molar-refractivity contribution in [2.45, 2.75) is 13.5 Å². The fourth-order valence-corrected chi connectivity index (χ4v) is 3.43. The van der Waals surface area contributed by atoms with Gasteiger partial charge in [0.25, 0.3) is 5.91 Å². The van der Waals surface area contributed by atoms with Crippen molar-refractivity contribution in [3.8, 4) is 16.9 Å². The summed E-state index contributed by atoms with van der Waals surface area (Å²) in [5, 5.41) is 19.6. The number of aliphatic hydroxyl groups is 1. The molecule has 0 bridgehead atoms. The van der Waals surface area contributed by atoms with Crippen LogP contribution in [-0.2, 0) is 6.54 Å². The Morgan fingerprint density at radius 1 is 1.00 bits per heavy atom. The van der Waals surface area contributed by atoms with Crippen LogP contribution in [0.1, 0.15) is 21.5 Å². The second kappa shape index (κ2) is 10.1. The smallest absolute Gasteiger partial charge is 0.251 e. The standard InChI is InChI=1S/C26H25FN4O2/c1-18-2-4-19(5-3-18)25-21(17-31(30-25)24-12-8-22(27)9-13-24)16-29-23-10-6-20(7-11-23)26(33)28-14-15-32/h2-13,17,29,32H,14-16H2,1H3,(H,28,33). The Kier molecular flexibility index (Phi) is 6.80. The minimum atomic E-state index is -0.292. The summed E-state index contributed by atoms with van der Waals surface area (Å²) in [6.45, 7) is 2.68. The first-order valence-corrected chi connectivity index (χ1v) is 10.7. The van der Waals surface area contributed by atoms with Crippen LogP contribution in [0.2, 0.25) is 0 Å². The second-order valence-electron chi connectivity index (χ2n) is 7.70. The molecule has 3 N–H and O–H groups in total. The molecule has 0 saturated heterocycles. The number of aromatic nitrogens is 2. The van der Waals surface area contributed by atoms with E-state index in [1.54, 1.807) is 28.9 Å². The van der Waals surface area contributed by atoms with Gasteiger partial charge >= 0.3 is 0 Å². The highest BCUT2D eigenvalue weighted by molar-refractivity contribution is 5.94. The van der Waals surface area contributed by atoms with Crippen LogP contribution < -0.4 is 10.6 Å². The van der Waals surface area contributed by atoms with Crippen LogP contribution in [0, 0.1) is 12.7 Å². The molecule has 0 unspecified atom stereocenters. The average Bonchev–Trinajstić information content (AvgIpc) is 3.26. The van der Waals surface area contributed by atoms with Gasteiger partial charge in [0.2, 0.25) is 0 Å². The molecule has 0 spiro atoms. The Bertz CT molecular complexity index is 1220. The monoisotopic (exact) mass is 444 g/mol. The number of hydrogen-bond donors (Lipinski definition) is 3. The van der Waals surface area contributed by atoms with Crippen molar-refractivity contribution < 1.29 is 14.3 Å². The van der Waals surface area contributed by atoms with Crippen molar-refractivity contribution in [3.63, 3.8) is 0 Å². The van der Waals surface area contributed by atoms with Gasteiger partial charge < -0.3 is 15.7 Å². The summed E-state index contributed by atoms with van der Waals surface area (Å²) in [5.41, 5.74) is 6.14. The van der Waals surface area contributed by atoms with E-state index in [0.29, 0.717) is 12.1 Å². The maximum Gasteiger partial charge on any atom is 0.251 e. The molecule has 1 aromatic heterocycles. The van der Waals surface area contributed by atoms with Crippen molar-refractivity contribution in [3.05, 3.63) is 102 Å². The molecule has 0 atom stereocenters. The molecular weight excluding hydrogens is 419 g/mol. The third-order valence-electron chi connectivity index (χ3n) is 5.23. The first-order valence-electron chi connectivity index (χ1n) is 10.7. The predicted molar refractivity (Wildman–Crippen MR) is 127 cm³/mol. The summed E-state index contributed by atoms with van der Waals surface area (Å²) >= 11 is 0. The Labute approximate surface area is 191 Å². The van der Waals surface area contributed by atoms with Gasteiger partial charge in [0.05, 0.1) is 18.0 Å². The number of nitrogens with one attached hydrogen (secondary N) is 2. The van der Waals surface area contributed by atoms with Crippen molar-refractivity contribution >= 4 is 11.6 Å².